The van der Waals surface area contributed by atoms with E-state index in [4.69, 9.17) is 0 Å². The average Bonchev–Trinajstić information content (AvgIpc) is 3.31. The molecule has 2 atom stereocenters. The molecular formula is C61H111NO3. The Morgan fingerprint density at radius 2 is 0.677 bits per heavy atom. The molecule has 0 aliphatic heterocycles. The van der Waals surface area contributed by atoms with Crippen molar-refractivity contribution < 1.29 is 15.0 Å². The predicted octanol–water partition coefficient (Wildman–Crippen LogP) is 19.0. The van der Waals surface area contributed by atoms with Gasteiger partial charge in [0.25, 0.3) is 0 Å². The molecule has 3 N–H and O–H groups in total. The molecule has 0 saturated carbocycles. The molecule has 0 spiro atoms. The monoisotopic (exact) mass is 906 g/mol. The minimum atomic E-state index is -0.844. The number of amides is 1. The molecule has 0 heterocycles. The van der Waals surface area contributed by atoms with Gasteiger partial charge in [-0.15, -0.1) is 0 Å². The SMILES string of the molecule is CC/C=C\C/C=C\C/C=C\C/C=C\C/C=C\CCCCCCCCCCCCCCCC(=O)NC(CO)C(O)/C=C/CCCCCCCCCCCCCCCCCCCCCCCC. The summed E-state index contributed by atoms with van der Waals surface area (Å²) in [7, 11) is 0. The first-order valence-corrected chi connectivity index (χ1v) is 28.7. The van der Waals surface area contributed by atoms with E-state index < -0.39 is 12.1 Å². The summed E-state index contributed by atoms with van der Waals surface area (Å²) in [4.78, 5) is 12.5. The molecular weight excluding hydrogens is 795 g/mol. The lowest BCUT2D eigenvalue weighted by Crippen LogP contribution is -2.45. The van der Waals surface area contributed by atoms with Gasteiger partial charge in [0.15, 0.2) is 0 Å². The third-order valence-corrected chi connectivity index (χ3v) is 12.9. The molecule has 65 heavy (non-hydrogen) atoms. The van der Waals surface area contributed by atoms with Crippen molar-refractivity contribution >= 4 is 5.91 Å². The van der Waals surface area contributed by atoms with Gasteiger partial charge in [-0.2, -0.15) is 0 Å². The Morgan fingerprint density at radius 1 is 0.385 bits per heavy atom. The minimum Gasteiger partial charge on any atom is -0.394 e. The molecule has 0 radical (unpaired) electrons. The third kappa shape index (κ3) is 52.7. The van der Waals surface area contributed by atoms with Gasteiger partial charge in [-0.25, -0.2) is 0 Å². The Morgan fingerprint density at radius 3 is 1.02 bits per heavy atom. The van der Waals surface area contributed by atoms with Crippen LogP contribution < -0.4 is 5.32 Å². The summed E-state index contributed by atoms with van der Waals surface area (Å²) >= 11 is 0. The quantitative estimate of drug-likeness (QED) is 0.0421. The second-order valence-corrected chi connectivity index (χ2v) is 19.3. The number of nitrogens with one attached hydrogen (secondary N) is 1. The molecule has 0 aromatic rings. The van der Waals surface area contributed by atoms with Gasteiger partial charge in [0.1, 0.15) is 0 Å². The van der Waals surface area contributed by atoms with Crippen molar-refractivity contribution in [1.29, 1.82) is 0 Å². The summed E-state index contributed by atoms with van der Waals surface area (Å²) in [6.07, 6.45) is 80.6. The fourth-order valence-corrected chi connectivity index (χ4v) is 8.62. The molecule has 0 aliphatic rings. The smallest absolute Gasteiger partial charge is 0.220 e. The van der Waals surface area contributed by atoms with Crippen molar-refractivity contribution in [2.24, 2.45) is 0 Å². The lowest BCUT2D eigenvalue weighted by Gasteiger charge is -2.20. The molecule has 0 aromatic heterocycles. The number of carbonyl (C=O) groups excluding carboxylic acids is 1. The Kier molecular flexibility index (Phi) is 54.3. The highest BCUT2D eigenvalue weighted by atomic mass is 16.3. The summed E-state index contributed by atoms with van der Waals surface area (Å²) in [5, 5.41) is 23.2. The number of rotatable bonds is 52. The van der Waals surface area contributed by atoms with Crippen molar-refractivity contribution in [2.45, 2.75) is 302 Å². The number of unbranched alkanes of at least 4 members (excludes halogenated alkanes) is 35. The molecule has 0 bridgehead atoms. The van der Waals surface area contributed by atoms with Gasteiger partial charge in [0.2, 0.25) is 5.91 Å². The number of carbonyl (C=O) groups is 1. The van der Waals surface area contributed by atoms with Crippen LogP contribution in [-0.4, -0.2) is 34.9 Å². The molecule has 2 unspecified atom stereocenters. The minimum absolute atomic E-state index is 0.0646. The predicted molar refractivity (Wildman–Crippen MR) is 290 cm³/mol. The number of hydrogen-bond donors (Lipinski definition) is 3. The number of aliphatic hydroxyl groups is 2. The normalized spacial score (nSPS) is 13.4. The zero-order valence-electron chi connectivity index (χ0n) is 43.5. The van der Waals surface area contributed by atoms with E-state index in [2.05, 4.69) is 79.9 Å². The molecule has 4 nitrogen and oxygen atoms in total. The van der Waals surface area contributed by atoms with Crippen molar-refractivity contribution in [3.63, 3.8) is 0 Å². The van der Waals surface area contributed by atoms with Crippen LogP contribution in [0, 0.1) is 0 Å². The lowest BCUT2D eigenvalue weighted by atomic mass is 10.0. The zero-order valence-corrected chi connectivity index (χ0v) is 43.5. The highest BCUT2D eigenvalue weighted by Gasteiger charge is 2.18. The van der Waals surface area contributed by atoms with Crippen molar-refractivity contribution in [2.75, 3.05) is 6.61 Å². The fourth-order valence-electron chi connectivity index (χ4n) is 8.62. The standard InChI is InChI=1S/C61H111NO3/c1-3-5-7-9-11-13-15-17-19-21-23-25-27-29-30-31-32-33-35-37-39-41-43-45-47-49-51-53-55-57-61(65)62-59(58-63)60(64)56-54-52-50-48-46-44-42-40-38-36-34-28-26-24-22-20-18-16-14-12-10-8-6-4-2/h5,7,11,13,17,19,23,25,29-30,54,56,59-60,63-64H,3-4,6,8-10,12,14-16,18,20-22,24,26-28,31-53,55,57-58H2,1-2H3,(H,62,65)/b7-5-,13-11-,19-17-,25-23-,30-29-,56-54+. The Labute approximate surface area is 406 Å². The fraction of sp³-hybridized carbons (Fsp3) is 0.787. The van der Waals surface area contributed by atoms with Crippen molar-refractivity contribution in [3.05, 3.63) is 72.9 Å². The van der Waals surface area contributed by atoms with E-state index in [1.165, 1.54) is 212 Å². The largest absolute Gasteiger partial charge is 0.394 e. The van der Waals surface area contributed by atoms with Crippen molar-refractivity contribution in [1.82, 2.24) is 5.32 Å². The van der Waals surface area contributed by atoms with Crippen LogP contribution in [0.2, 0.25) is 0 Å². The maximum atomic E-state index is 12.5. The van der Waals surface area contributed by atoms with Crippen molar-refractivity contribution in [3.8, 4) is 0 Å². The van der Waals surface area contributed by atoms with Gasteiger partial charge in [-0.05, 0) is 64.2 Å². The molecule has 0 saturated heterocycles. The second kappa shape index (κ2) is 56.2. The van der Waals surface area contributed by atoms with E-state index >= 15 is 0 Å². The van der Waals surface area contributed by atoms with Gasteiger partial charge in [0.05, 0.1) is 18.8 Å². The first-order chi connectivity index (χ1) is 32.2. The molecule has 0 rings (SSSR count). The maximum Gasteiger partial charge on any atom is 0.220 e. The zero-order chi connectivity index (χ0) is 47.0. The second-order valence-electron chi connectivity index (χ2n) is 19.3. The molecule has 0 aliphatic carbocycles. The van der Waals surface area contributed by atoms with Crippen LogP contribution in [0.1, 0.15) is 290 Å². The average molecular weight is 907 g/mol. The molecule has 378 valence electrons. The van der Waals surface area contributed by atoms with Crippen LogP contribution >= 0.6 is 0 Å². The van der Waals surface area contributed by atoms with Gasteiger partial charge < -0.3 is 15.5 Å². The van der Waals surface area contributed by atoms with E-state index in [0.717, 1.165) is 57.8 Å². The van der Waals surface area contributed by atoms with Crippen LogP contribution in [0.4, 0.5) is 0 Å². The maximum absolute atomic E-state index is 12.5. The topological polar surface area (TPSA) is 69.6 Å². The van der Waals surface area contributed by atoms with Gasteiger partial charge in [-0.3, -0.25) is 4.79 Å². The van der Waals surface area contributed by atoms with E-state index in [0.29, 0.717) is 6.42 Å². The molecule has 1 amide bonds. The van der Waals surface area contributed by atoms with E-state index in [1.54, 1.807) is 6.08 Å². The summed E-state index contributed by atoms with van der Waals surface area (Å²) in [6.45, 7) is 4.22. The van der Waals surface area contributed by atoms with E-state index in [9.17, 15) is 15.0 Å². The first kappa shape index (κ1) is 62.8. The van der Waals surface area contributed by atoms with E-state index in [1.807, 2.05) is 6.08 Å². The summed E-state index contributed by atoms with van der Waals surface area (Å²) in [6, 6.07) is -0.627. The highest BCUT2D eigenvalue weighted by molar-refractivity contribution is 5.76. The molecule has 0 fully saturated rings. The summed E-state index contributed by atoms with van der Waals surface area (Å²) in [5.41, 5.74) is 0. The highest BCUT2D eigenvalue weighted by Crippen LogP contribution is 2.17. The molecule has 0 aromatic carbocycles. The van der Waals surface area contributed by atoms with Crippen LogP contribution in [0.3, 0.4) is 0 Å². The van der Waals surface area contributed by atoms with Crippen LogP contribution in [-0.2, 0) is 4.79 Å². The Hall–Kier alpha value is -2.17. The van der Waals surface area contributed by atoms with Crippen LogP contribution in [0.25, 0.3) is 0 Å². The Balaban J connectivity index is 3.51. The third-order valence-electron chi connectivity index (χ3n) is 12.9. The number of hydrogen-bond acceptors (Lipinski definition) is 3. The van der Waals surface area contributed by atoms with Gasteiger partial charge >= 0.3 is 0 Å². The van der Waals surface area contributed by atoms with Gasteiger partial charge in [0, 0.05) is 6.42 Å². The Bertz CT molecular complexity index is 1120. The summed E-state index contributed by atoms with van der Waals surface area (Å²) in [5.74, 6) is -0.0646. The van der Waals surface area contributed by atoms with Crippen LogP contribution in [0.5, 0.6) is 0 Å². The molecule has 4 heteroatoms. The number of aliphatic hydroxyl groups excluding tert-OH is 2. The van der Waals surface area contributed by atoms with Gasteiger partial charge in [-0.1, -0.05) is 292 Å². The first-order valence-electron chi connectivity index (χ1n) is 28.7. The van der Waals surface area contributed by atoms with E-state index in [-0.39, 0.29) is 12.5 Å². The summed E-state index contributed by atoms with van der Waals surface area (Å²) < 4.78 is 0. The lowest BCUT2D eigenvalue weighted by molar-refractivity contribution is -0.123. The number of allylic oxidation sites excluding steroid dienone is 11. The van der Waals surface area contributed by atoms with Crippen LogP contribution in [0.15, 0.2) is 72.9 Å².